The van der Waals surface area contributed by atoms with Crippen molar-refractivity contribution in [3.63, 3.8) is 0 Å². The van der Waals surface area contributed by atoms with Crippen molar-refractivity contribution in [2.75, 3.05) is 6.54 Å². The van der Waals surface area contributed by atoms with E-state index < -0.39 is 0 Å². The predicted molar refractivity (Wildman–Crippen MR) is 50.9 cm³/mol. The largest absolute Gasteiger partial charge is 0.306 e. The molecule has 1 aromatic rings. The van der Waals surface area contributed by atoms with Crippen molar-refractivity contribution in [1.29, 1.82) is 0 Å². The van der Waals surface area contributed by atoms with E-state index in [-0.39, 0.29) is 5.82 Å². The minimum atomic E-state index is -0.171. The highest BCUT2D eigenvalue weighted by molar-refractivity contribution is 5.21. The second-order valence-electron chi connectivity index (χ2n) is 3.22. The van der Waals surface area contributed by atoms with Crippen molar-refractivity contribution < 1.29 is 4.39 Å². The van der Waals surface area contributed by atoms with Crippen LogP contribution in [0.15, 0.2) is 36.4 Å². The van der Waals surface area contributed by atoms with Crippen LogP contribution >= 0.6 is 0 Å². The molecule has 1 aliphatic heterocycles. The van der Waals surface area contributed by atoms with Crippen LogP contribution in [0.4, 0.5) is 4.39 Å². The molecule has 1 atom stereocenters. The summed E-state index contributed by atoms with van der Waals surface area (Å²) < 4.78 is 12.6. The third-order valence-corrected chi connectivity index (χ3v) is 2.29. The number of hydrogen-bond acceptors (Lipinski definition) is 1. The Morgan fingerprint density at radius 3 is 2.54 bits per heavy atom. The molecule has 0 saturated carbocycles. The summed E-state index contributed by atoms with van der Waals surface area (Å²) in [6.45, 7) is 0.905. The zero-order valence-electron chi connectivity index (χ0n) is 7.33. The SMILES string of the molecule is Fc1ccc(C2CC=CCN2)cc1. The summed E-state index contributed by atoms with van der Waals surface area (Å²) in [4.78, 5) is 0. The average molecular weight is 177 g/mol. The maximum Gasteiger partial charge on any atom is 0.123 e. The van der Waals surface area contributed by atoms with Gasteiger partial charge in [0.1, 0.15) is 5.82 Å². The van der Waals surface area contributed by atoms with Crippen molar-refractivity contribution in [3.8, 4) is 0 Å². The molecule has 2 heteroatoms. The van der Waals surface area contributed by atoms with E-state index in [0.29, 0.717) is 6.04 Å². The molecule has 1 aliphatic rings. The summed E-state index contributed by atoms with van der Waals surface area (Å²) >= 11 is 0. The van der Waals surface area contributed by atoms with E-state index in [0.717, 1.165) is 18.5 Å². The van der Waals surface area contributed by atoms with Crippen LogP contribution in [0.25, 0.3) is 0 Å². The first-order chi connectivity index (χ1) is 6.36. The lowest BCUT2D eigenvalue weighted by atomic mass is 10.0. The fourth-order valence-corrected chi connectivity index (χ4v) is 1.56. The van der Waals surface area contributed by atoms with Crippen molar-refractivity contribution in [1.82, 2.24) is 5.32 Å². The molecule has 0 saturated heterocycles. The van der Waals surface area contributed by atoms with Crippen LogP contribution < -0.4 is 5.32 Å². The molecule has 0 fully saturated rings. The highest BCUT2D eigenvalue weighted by atomic mass is 19.1. The van der Waals surface area contributed by atoms with Gasteiger partial charge in [0.15, 0.2) is 0 Å². The standard InChI is InChI=1S/C11H12FN/c12-10-6-4-9(5-7-10)11-3-1-2-8-13-11/h1-2,4-7,11,13H,3,8H2. The van der Waals surface area contributed by atoms with E-state index in [1.165, 1.54) is 12.1 Å². The van der Waals surface area contributed by atoms with Gasteiger partial charge in [-0.05, 0) is 24.1 Å². The van der Waals surface area contributed by atoms with Crippen molar-refractivity contribution in [2.45, 2.75) is 12.5 Å². The third kappa shape index (κ3) is 1.95. The normalized spacial score (nSPS) is 21.8. The second-order valence-corrected chi connectivity index (χ2v) is 3.22. The van der Waals surface area contributed by atoms with Gasteiger partial charge in [0, 0.05) is 12.6 Å². The summed E-state index contributed by atoms with van der Waals surface area (Å²) in [5.74, 6) is -0.171. The van der Waals surface area contributed by atoms with Gasteiger partial charge < -0.3 is 5.32 Å². The quantitative estimate of drug-likeness (QED) is 0.649. The van der Waals surface area contributed by atoms with Gasteiger partial charge in [-0.15, -0.1) is 0 Å². The molecule has 68 valence electrons. The fraction of sp³-hybridized carbons (Fsp3) is 0.273. The first-order valence-corrected chi connectivity index (χ1v) is 4.50. The lowest BCUT2D eigenvalue weighted by molar-refractivity contribution is 0.552. The molecule has 1 N–H and O–H groups in total. The van der Waals surface area contributed by atoms with Gasteiger partial charge in [-0.2, -0.15) is 0 Å². The van der Waals surface area contributed by atoms with E-state index >= 15 is 0 Å². The molecule has 2 rings (SSSR count). The second kappa shape index (κ2) is 3.71. The highest BCUT2D eigenvalue weighted by Gasteiger charge is 2.10. The lowest BCUT2D eigenvalue weighted by Gasteiger charge is -2.19. The minimum absolute atomic E-state index is 0.171. The molecule has 0 aromatic heterocycles. The number of halogens is 1. The van der Waals surface area contributed by atoms with E-state index in [2.05, 4.69) is 17.5 Å². The van der Waals surface area contributed by atoms with Crippen LogP contribution in [0.3, 0.4) is 0 Å². The Bertz CT molecular complexity index is 302. The van der Waals surface area contributed by atoms with Crippen LogP contribution in [0.1, 0.15) is 18.0 Å². The van der Waals surface area contributed by atoms with Crippen LogP contribution in [0.2, 0.25) is 0 Å². The van der Waals surface area contributed by atoms with Crippen molar-refractivity contribution >= 4 is 0 Å². The van der Waals surface area contributed by atoms with Gasteiger partial charge in [0.05, 0.1) is 0 Å². The van der Waals surface area contributed by atoms with E-state index in [1.807, 2.05) is 12.1 Å². The van der Waals surface area contributed by atoms with Crippen LogP contribution in [-0.2, 0) is 0 Å². The molecule has 0 spiro atoms. The van der Waals surface area contributed by atoms with Crippen LogP contribution in [-0.4, -0.2) is 6.54 Å². The summed E-state index contributed by atoms with van der Waals surface area (Å²) in [6.07, 6.45) is 5.26. The summed E-state index contributed by atoms with van der Waals surface area (Å²) in [5, 5.41) is 3.35. The minimum Gasteiger partial charge on any atom is -0.306 e. The van der Waals surface area contributed by atoms with Crippen LogP contribution in [0, 0.1) is 5.82 Å². The van der Waals surface area contributed by atoms with Gasteiger partial charge in [-0.1, -0.05) is 24.3 Å². The van der Waals surface area contributed by atoms with E-state index in [1.54, 1.807) is 0 Å². The smallest absolute Gasteiger partial charge is 0.123 e. The number of hydrogen-bond donors (Lipinski definition) is 1. The summed E-state index contributed by atoms with van der Waals surface area (Å²) in [5.41, 5.74) is 1.16. The predicted octanol–water partition coefficient (Wildman–Crippen LogP) is 2.42. The first-order valence-electron chi connectivity index (χ1n) is 4.50. The van der Waals surface area contributed by atoms with Gasteiger partial charge >= 0.3 is 0 Å². The number of benzene rings is 1. The maximum atomic E-state index is 12.6. The molecule has 13 heavy (non-hydrogen) atoms. The fourth-order valence-electron chi connectivity index (χ4n) is 1.56. The molecule has 1 unspecified atom stereocenters. The lowest BCUT2D eigenvalue weighted by Crippen LogP contribution is -2.23. The maximum absolute atomic E-state index is 12.6. The van der Waals surface area contributed by atoms with Gasteiger partial charge in [-0.25, -0.2) is 4.39 Å². The first kappa shape index (κ1) is 8.45. The van der Waals surface area contributed by atoms with Crippen LogP contribution in [0.5, 0.6) is 0 Å². The summed E-state index contributed by atoms with van der Waals surface area (Å²) in [6, 6.07) is 7.05. The molecule has 1 aromatic carbocycles. The Kier molecular flexibility index (Phi) is 2.41. The molecule has 0 bridgehead atoms. The third-order valence-electron chi connectivity index (χ3n) is 2.29. The molecule has 0 radical (unpaired) electrons. The molecular weight excluding hydrogens is 165 g/mol. The zero-order valence-corrected chi connectivity index (χ0v) is 7.33. The zero-order chi connectivity index (χ0) is 9.10. The van der Waals surface area contributed by atoms with Crippen molar-refractivity contribution in [2.24, 2.45) is 0 Å². The number of rotatable bonds is 1. The Balaban J connectivity index is 2.15. The monoisotopic (exact) mass is 177 g/mol. The van der Waals surface area contributed by atoms with E-state index in [4.69, 9.17) is 0 Å². The average Bonchev–Trinajstić information content (AvgIpc) is 2.20. The van der Waals surface area contributed by atoms with Gasteiger partial charge in [-0.3, -0.25) is 0 Å². The summed E-state index contributed by atoms with van der Waals surface area (Å²) in [7, 11) is 0. The molecule has 1 nitrogen and oxygen atoms in total. The topological polar surface area (TPSA) is 12.0 Å². The highest BCUT2D eigenvalue weighted by Crippen LogP contribution is 2.19. The Morgan fingerprint density at radius 1 is 1.15 bits per heavy atom. The number of nitrogens with one attached hydrogen (secondary N) is 1. The Morgan fingerprint density at radius 2 is 1.92 bits per heavy atom. The Labute approximate surface area is 77.3 Å². The van der Waals surface area contributed by atoms with Gasteiger partial charge in [0.25, 0.3) is 0 Å². The van der Waals surface area contributed by atoms with Gasteiger partial charge in [0.2, 0.25) is 0 Å². The molecule has 0 aliphatic carbocycles. The van der Waals surface area contributed by atoms with Crippen molar-refractivity contribution in [3.05, 3.63) is 47.8 Å². The Hall–Kier alpha value is -1.15. The molecular formula is C11H12FN. The molecule has 1 heterocycles. The van der Waals surface area contributed by atoms with E-state index in [9.17, 15) is 4.39 Å². The molecule has 0 amide bonds.